The molecule has 19 heavy (non-hydrogen) atoms. The SMILES string of the molecule is CC1CCN(C(=O)NC(CC(=O)O)C2CC2)C1CO. The smallest absolute Gasteiger partial charge is 0.317 e. The van der Waals surface area contributed by atoms with Crippen LogP contribution in [-0.4, -0.2) is 52.3 Å². The zero-order valence-corrected chi connectivity index (χ0v) is 11.2. The zero-order valence-electron chi connectivity index (χ0n) is 11.2. The Labute approximate surface area is 112 Å². The zero-order chi connectivity index (χ0) is 14.0. The largest absolute Gasteiger partial charge is 0.481 e. The lowest BCUT2D eigenvalue weighted by Gasteiger charge is -2.28. The quantitative estimate of drug-likeness (QED) is 0.684. The number of rotatable bonds is 5. The Morgan fingerprint density at radius 2 is 2.05 bits per heavy atom. The van der Waals surface area contributed by atoms with Crippen LogP contribution in [0.15, 0.2) is 0 Å². The minimum atomic E-state index is -0.884. The van der Waals surface area contributed by atoms with Gasteiger partial charge in [0.25, 0.3) is 0 Å². The fourth-order valence-electron chi connectivity index (χ4n) is 2.80. The fraction of sp³-hybridized carbons (Fsp3) is 0.846. The van der Waals surface area contributed by atoms with Crippen LogP contribution in [0.1, 0.15) is 32.6 Å². The van der Waals surface area contributed by atoms with E-state index >= 15 is 0 Å². The first-order valence-corrected chi connectivity index (χ1v) is 6.92. The molecule has 3 unspecified atom stereocenters. The molecule has 0 aromatic heterocycles. The molecular weight excluding hydrogens is 248 g/mol. The highest BCUT2D eigenvalue weighted by Crippen LogP contribution is 2.34. The van der Waals surface area contributed by atoms with Crippen molar-refractivity contribution in [3.8, 4) is 0 Å². The number of aliphatic carboxylic acids is 1. The Kier molecular flexibility index (Phi) is 4.29. The van der Waals surface area contributed by atoms with E-state index in [0.29, 0.717) is 12.5 Å². The molecule has 2 amide bonds. The van der Waals surface area contributed by atoms with Crippen molar-refractivity contribution >= 4 is 12.0 Å². The molecule has 108 valence electrons. The first-order valence-electron chi connectivity index (χ1n) is 6.92. The lowest BCUT2D eigenvalue weighted by molar-refractivity contribution is -0.137. The number of hydrogen-bond acceptors (Lipinski definition) is 3. The minimum Gasteiger partial charge on any atom is -0.481 e. The molecule has 1 aliphatic carbocycles. The van der Waals surface area contributed by atoms with Crippen molar-refractivity contribution in [1.82, 2.24) is 10.2 Å². The van der Waals surface area contributed by atoms with Crippen LogP contribution in [0.25, 0.3) is 0 Å². The summed E-state index contributed by atoms with van der Waals surface area (Å²) in [6, 6.07) is -0.661. The Morgan fingerprint density at radius 3 is 2.58 bits per heavy atom. The predicted molar refractivity (Wildman–Crippen MR) is 68.7 cm³/mol. The summed E-state index contributed by atoms with van der Waals surface area (Å²) in [7, 11) is 0. The van der Waals surface area contributed by atoms with E-state index in [0.717, 1.165) is 19.3 Å². The molecule has 3 atom stereocenters. The molecule has 0 radical (unpaired) electrons. The van der Waals surface area contributed by atoms with Gasteiger partial charge in [-0.1, -0.05) is 6.92 Å². The third-order valence-corrected chi connectivity index (χ3v) is 4.22. The van der Waals surface area contributed by atoms with Crippen LogP contribution in [0.4, 0.5) is 4.79 Å². The highest BCUT2D eigenvalue weighted by atomic mass is 16.4. The summed E-state index contributed by atoms with van der Waals surface area (Å²) >= 11 is 0. The maximum atomic E-state index is 12.2. The van der Waals surface area contributed by atoms with Gasteiger partial charge in [-0.15, -0.1) is 0 Å². The normalized spacial score (nSPS) is 28.2. The summed E-state index contributed by atoms with van der Waals surface area (Å²) in [5.41, 5.74) is 0. The van der Waals surface area contributed by atoms with E-state index in [-0.39, 0.29) is 37.1 Å². The molecule has 0 aromatic rings. The fourth-order valence-corrected chi connectivity index (χ4v) is 2.80. The van der Waals surface area contributed by atoms with Crippen LogP contribution in [0, 0.1) is 11.8 Å². The predicted octanol–water partition coefficient (Wildman–Crippen LogP) is 0.652. The standard InChI is InChI=1S/C13H22N2O4/c1-8-4-5-15(11(8)7-16)13(19)14-10(6-12(17)18)9-2-3-9/h8-11,16H,2-7H2,1H3,(H,14,19)(H,17,18). The number of carboxylic acids is 1. The summed E-state index contributed by atoms with van der Waals surface area (Å²) < 4.78 is 0. The molecule has 2 aliphatic rings. The number of nitrogens with zero attached hydrogens (tertiary/aromatic N) is 1. The van der Waals surface area contributed by atoms with Crippen LogP contribution in [0.5, 0.6) is 0 Å². The van der Waals surface area contributed by atoms with Crippen molar-refractivity contribution in [3.63, 3.8) is 0 Å². The van der Waals surface area contributed by atoms with E-state index in [9.17, 15) is 14.7 Å². The number of nitrogens with one attached hydrogen (secondary N) is 1. The number of likely N-dealkylation sites (tertiary alicyclic amines) is 1. The molecule has 3 N–H and O–H groups in total. The third kappa shape index (κ3) is 3.37. The third-order valence-electron chi connectivity index (χ3n) is 4.22. The van der Waals surface area contributed by atoms with Gasteiger partial charge in [0.2, 0.25) is 0 Å². The van der Waals surface area contributed by atoms with Gasteiger partial charge >= 0.3 is 12.0 Å². The monoisotopic (exact) mass is 270 g/mol. The maximum Gasteiger partial charge on any atom is 0.317 e. The van der Waals surface area contributed by atoms with Gasteiger partial charge in [0.15, 0.2) is 0 Å². The maximum absolute atomic E-state index is 12.2. The number of aliphatic hydroxyl groups excluding tert-OH is 1. The van der Waals surface area contributed by atoms with Crippen molar-refractivity contribution in [3.05, 3.63) is 0 Å². The molecular formula is C13H22N2O4. The number of carboxylic acid groups (broad SMARTS) is 1. The molecule has 2 rings (SSSR count). The summed E-state index contributed by atoms with van der Waals surface area (Å²) in [6.45, 7) is 2.61. The van der Waals surface area contributed by atoms with E-state index in [1.165, 1.54) is 0 Å². The number of aliphatic hydroxyl groups is 1. The average molecular weight is 270 g/mol. The van der Waals surface area contributed by atoms with Gasteiger partial charge < -0.3 is 20.4 Å². The van der Waals surface area contributed by atoms with Crippen LogP contribution in [-0.2, 0) is 4.79 Å². The molecule has 1 saturated heterocycles. The molecule has 0 aromatic carbocycles. The number of hydrogen-bond donors (Lipinski definition) is 3. The van der Waals surface area contributed by atoms with Gasteiger partial charge in [-0.25, -0.2) is 4.79 Å². The van der Waals surface area contributed by atoms with E-state index in [1.807, 2.05) is 6.92 Å². The Hall–Kier alpha value is -1.30. The van der Waals surface area contributed by atoms with Crippen LogP contribution in [0.3, 0.4) is 0 Å². The molecule has 6 nitrogen and oxygen atoms in total. The number of amides is 2. The van der Waals surface area contributed by atoms with Crippen LogP contribution in [0.2, 0.25) is 0 Å². The Balaban J connectivity index is 1.93. The van der Waals surface area contributed by atoms with E-state index in [1.54, 1.807) is 4.90 Å². The topological polar surface area (TPSA) is 89.9 Å². The van der Waals surface area contributed by atoms with Crippen molar-refractivity contribution in [2.75, 3.05) is 13.2 Å². The first-order chi connectivity index (χ1) is 9.02. The molecule has 0 bridgehead atoms. The van der Waals surface area contributed by atoms with Gasteiger partial charge in [0.05, 0.1) is 19.1 Å². The second-order valence-corrected chi connectivity index (χ2v) is 5.70. The summed E-state index contributed by atoms with van der Waals surface area (Å²) in [6.07, 6.45) is 2.82. The number of carbonyl (C=O) groups is 2. The minimum absolute atomic E-state index is 0.0242. The molecule has 1 saturated carbocycles. The van der Waals surface area contributed by atoms with E-state index < -0.39 is 5.97 Å². The van der Waals surface area contributed by atoms with Gasteiger partial charge in [-0.05, 0) is 31.1 Å². The number of carbonyl (C=O) groups excluding carboxylic acids is 1. The Bertz CT molecular complexity index is 357. The highest BCUT2D eigenvalue weighted by Gasteiger charge is 2.38. The number of urea groups is 1. The lowest BCUT2D eigenvalue weighted by atomic mass is 10.0. The molecule has 1 aliphatic heterocycles. The molecule has 6 heteroatoms. The van der Waals surface area contributed by atoms with Crippen molar-refractivity contribution in [2.45, 2.75) is 44.7 Å². The molecule has 0 spiro atoms. The van der Waals surface area contributed by atoms with Crippen LogP contribution < -0.4 is 5.32 Å². The van der Waals surface area contributed by atoms with E-state index in [4.69, 9.17) is 5.11 Å². The second kappa shape index (κ2) is 5.77. The molecule has 1 heterocycles. The highest BCUT2D eigenvalue weighted by molar-refractivity contribution is 5.76. The van der Waals surface area contributed by atoms with Crippen molar-refractivity contribution < 1.29 is 19.8 Å². The first kappa shape index (κ1) is 14.1. The molecule has 2 fully saturated rings. The van der Waals surface area contributed by atoms with Gasteiger partial charge in [0, 0.05) is 12.6 Å². The van der Waals surface area contributed by atoms with Crippen LogP contribution >= 0.6 is 0 Å². The second-order valence-electron chi connectivity index (χ2n) is 5.70. The lowest BCUT2D eigenvalue weighted by Crippen LogP contribution is -2.49. The Morgan fingerprint density at radius 1 is 1.37 bits per heavy atom. The summed E-state index contributed by atoms with van der Waals surface area (Å²) in [5, 5.41) is 21.0. The summed E-state index contributed by atoms with van der Waals surface area (Å²) in [4.78, 5) is 24.6. The van der Waals surface area contributed by atoms with Crippen molar-refractivity contribution in [1.29, 1.82) is 0 Å². The van der Waals surface area contributed by atoms with Gasteiger partial charge in [0.1, 0.15) is 0 Å². The van der Waals surface area contributed by atoms with Crippen molar-refractivity contribution in [2.24, 2.45) is 11.8 Å². The van der Waals surface area contributed by atoms with Gasteiger partial charge in [-0.2, -0.15) is 0 Å². The summed E-state index contributed by atoms with van der Waals surface area (Å²) in [5.74, 6) is -0.298. The van der Waals surface area contributed by atoms with E-state index in [2.05, 4.69) is 5.32 Å². The average Bonchev–Trinajstić information content (AvgIpc) is 3.11. The van der Waals surface area contributed by atoms with Gasteiger partial charge in [-0.3, -0.25) is 4.79 Å².